The van der Waals surface area contributed by atoms with E-state index in [-0.39, 0.29) is 5.56 Å². The van der Waals surface area contributed by atoms with Crippen LogP contribution in [-0.4, -0.2) is 5.91 Å². The molecule has 0 saturated carbocycles. The molecule has 0 aliphatic rings. The van der Waals surface area contributed by atoms with Crippen LogP contribution >= 0.6 is 0 Å². The van der Waals surface area contributed by atoms with Gasteiger partial charge in [-0.2, -0.15) is 0 Å². The molecule has 0 aromatic heterocycles. The molecule has 1 N–H and O–H groups in total. The third-order valence-electron chi connectivity index (χ3n) is 3.06. The average molecular weight is 305 g/mol. The Morgan fingerprint density at radius 3 is 2.50 bits per heavy atom. The normalized spacial score (nSPS) is 12.4. The van der Waals surface area contributed by atoms with Gasteiger partial charge in [0.15, 0.2) is 0 Å². The number of nitrogens with one attached hydrogen (secondary N) is 1. The van der Waals surface area contributed by atoms with E-state index in [4.69, 9.17) is 0 Å². The van der Waals surface area contributed by atoms with Crippen LogP contribution in [0.25, 0.3) is 6.08 Å². The Kier molecular flexibility index (Phi) is 4.99. The van der Waals surface area contributed by atoms with Crippen molar-refractivity contribution < 1.29 is 18.0 Å². The highest BCUT2D eigenvalue weighted by Gasteiger charge is 2.12. The number of carbonyl (C=O) groups is 1. The summed E-state index contributed by atoms with van der Waals surface area (Å²) in [7, 11) is 0. The van der Waals surface area contributed by atoms with E-state index in [9.17, 15) is 18.0 Å². The number of amides is 1. The second kappa shape index (κ2) is 6.93. The fourth-order valence-electron chi connectivity index (χ4n) is 1.97. The van der Waals surface area contributed by atoms with Crippen molar-refractivity contribution in [2.24, 2.45) is 0 Å². The molecule has 114 valence electrons. The molecule has 0 bridgehead atoms. The highest BCUT2D eigenvalue weighted by Crippen LogP contribution is 2.17. The fraction of sp³-hybridized carbons (Fsp3) is 0.118. The van der Waals surface area contributed by atoms with Gasteiger partial charge in [-0.15, -0.1) is 0 Å². The SMILES string of the molecule is C[C@H](NC(=O)/C=C/c1cccc(F)c1)c1ccc(F)cc1F. The summed E-state index contributed by atoms with van der Waals surface area (Å²) in [6, 6.07) is 8.32. The van der Waals surface area contributed by atoms with Gasteiger partial charge in [0, 0.05) is 17.7 Å². The molecule has 0 radical (unpaired) electrons. The number of hydrogen-bond acceptors (Lipinski definition) is 1. The minimum atomic E-state index is -0.720. The summed E-state index contributed by atoms with van der Waals surface area (Å²) in [5.74, 6) is -2.25. The van der Waals surface area contributed by atoms with Crippen LogP contribution in [0, 0.1) is 17.5 Å². The van der Waals surface area contributed by atoms with Crippen LogP contribution in [0.5, 0.6) is 0 Å². The Hall–Kier alpha value is -2.56. The third-order valence-corrected chi connectivity index (χ3v) is 3.06. The summed E-state index contributed by atoms with van der Waals surface area (Å²) < 4.78 is 39.4. The highest BCUT2D eigenvalue weighted by molar-refractivity contribution is 5.91. The topological polar surface area (TPSA) is 29.1 Å². The summed E-state index contributed by atoms with van der Waals surface area (Å²) in [4.78, 5) is 11.8. The van der Waals surface area contributed by atoms with E-state index in [0.717, 1.165) is 12.1 Å². The zero-order valence-electron chi connectivity index (χ0n) is 11.8. The lowest BCUT2D eigenvalue weighted by molar-refractivity contribution is -0.117. The van der Waals surface area contributed by atoms with Crippen molar-refractivity contribution in [3.8, 4) is 0 Å². The molecule has 0 aliphatic heterocycles. The van der Waals surface area contributed by atoms with Gasteiger partial charge in [0.05, 0.1) is 6.04 Å². The zero-order chi connectivity index (χ0) is 16.1. The van der Waals surface area contributed by atoms with E-state index in [0.29, 0.717) is 5.56 Å². The molecule has 22 heavy (non-hydrogen) atoms. The van der Waals surface area contributed by atoms with Crippen LogP contribution in [-0.2, 0) is 4.79 Å². The number of carbonyl (C=O) groups excluding carboxylic acids is 1. The molecule has 0 spiro atoms. The predicted molar refractivity (Wildman–Crippen MR) is 78.3 cm³/mol. The highest BCUT2D eigenvalue weighted by atomic mass is 19.1. The number of hydrogen-bond donors (Lipinski definition) is 1. The molecule has 0 aliphatic carbocycles. The fourth-order valence-corrected chi connectivity index (χ4v) is 1.97. The van der Waals surface area contributed by atoms with Gasteiger partial charge in [0.1, 0.15) is 17.5 Å². The molecule has 1 atom stereocenters. The van der Waals surface area contributed by atoms with Gasteiger partial charge in [-0.1, -0.05) is 18.2 Å². The van der Waals surface area contributed by atoms with Gasteiger partial charge in [0.25, 0.3) is 0 Å². The van der Waals surface area contributed by atoms with Crippen LogP contribution in [0.1, 0.15) is 24.1 Å². The van der Waals surface area contributed by atoms with E-state index < -0.39 is 29.4 Å². The maximum atomic E-state index is 13.6. The van der Waals surface area contributed by atoms with Gasteiger partial charge in [0.2, 0.25) is 5.91 Å². The van der Waals surface area contributed by atoms with Gasteiger partial charge in [-0.3, -0.25) is 4.79 Å². The lowest BCUT2D eigenvalue weighted by Gasteiger charge is -2.13. The summed E-state index contributed by atoms with van der Waals surface area (Å²) >= 11 is 0. The maximum Gasteiger partial charge on any atom is 0.244 e. The Balaban J connectivity index is 2.02. The van der Waals surface area contributed by atoms with Crippen molar-refractivity contribution in [1.82, 2.24) is 5.32 Å². The van der Waals surface area contributed by atoms with Crippen LogP contribution < -0.4 is 5.32 Å². The van der Waals surface area contributed by atoms with E-state index in [1.165, 1.54) is 36.4 Å². The second-order valence-corrected chi connectivity index (χ2v) is 4.78. The zero-order valence-corrected chi connectivity index (χ0v) is 11.8. The molecule has 2 rings (SSSR count). The molecule has 2 nitrogen and oxygen atoms in total. The predicted octanol–water partition coefficient (Wildman–Crippen LogP) is 3.99. The largest absolute Gasteiger partial charge is 0.346 e. The second-order valence-electron chi connectivity index (χ2n) is 4.78. The molecule has 5 heteroatoms. The van der Waals surface area contributed by atoms with Gasteiger partial charge < -0.3 is 5.32 Å². The molecule has 2 aromatic carbocycles. The van der Waals surface area contributed by atoms with Crippen molar-refractivity contribution >= 4 is 12.0 Å². The Morgan fingerprint density at radius 2 is 1.82 bits per heavy atom. The molecule has 0 saturated heterocycles. The van der Waals surface area contributed by atoms with Crippen molar-refractivity contribution in [3.05, 3.63) is 77.1 Å². The smallest absolute Gasteiger partial charge is 0.244 e. The first-order valence-corrected chi connectivity index (χ1v) is 6.65. The van der Waals surface area contributed by atoms with Crippen LogP contribution in [0.2, 0.25) is 0 Å². The molecular weight excluding hydrogens is 291 g/mol. The standard InChI is InChI=1S/C17H14F3NO/c1-11(15-7-6-14(19)10-16(15)20)21-17(22)8-5-12-3-2-4-13(18)9-12/h2-11H,1H3,(H,21,22)/b8-5+/t11-/m0/s1. The van der Waals surface area contributed by atoms with Crippen molar-refractivity contribution in [1.29, 1.82) is 0 Å². The maximum absolute atomic E-state index is 13.6. The van der Waals surface area contributed by atoms with Gasteiger partial charge in [-0.25, -0.2) is 13.2 Å². The van der Waals surface area contributed by atoms with E-state index >= 15 is 0 Å². The first-order chi connectivity index (χ1) is 10.5. The monoisotopic (exact) mass is 305 g/mol. The lowest BCUT2D eigenvalue weighted by Crippen LogP contribution is -2.25. The van der Waals surface area contributed by atoms with Crippen molar-refractivity contribution in [2.45, 2.75) is 13.0 Å². The third kappa shape index (κ3) is 4.22. The Morgan fingerprint density at radius 1 is 1.09 bits per heavy atom. The summed E-state index contributed by atoms with van der Waals surface area (Å²) in [6.07, 6.45) is 2.68. The van der Waals surface area contributed by atoms with Crippen LogP contribution in [0.4, 0.5) is 13.2 Å². The number of halogens is 3. The van der Waals surface area contributed by atoms with Crippen molar-refractivity contribution in [3.63, 3.8) is 0 Å². The van der Waals surface area contributed by atoms with Crippen LogP contribution in [0.3, 0.4) is 0 Å². The number of benzene rings is 2. The van der Waals surface area contributed by atoms with Crippen LogP contribution in [0.15, 0.2) is 48.5 Å². The minimum Gasteiger partial charge on any atom is -0.346 e. The lowest BCUT2D eigenvalue weighted by atomic mass is 10.1. The van der Waals surface area contributed by atoms with E-state index in [1.807, 2.05) is 0 Å². The quantitative estimate of drug-likeness (QED) is 0.850. The molecular formula is C17H14F3NO. The van der Waals surface area contributed by atoms with Gasteiger partial charge >= 0.3 is 0 Å². The number of rotatable bonds is 4. The summed E-state index contributed by atoms with van der Waals surface area (Å²) in [5.41, 5.74) is 0.727. The van der Waals surface area contributed by atoms with Gasteiger partial charge in [-0.05, 0) is 36.8 Å². The Bertz CT molecular complexity index is 713. The molecule has 1 amide bonds. The summed E-state index contributed by atoms with van der Waals surface area (Å²) in [5, 5.41) is 2.56. The molecule has 0 fully saturated rings. The van der Waals surface area contributed by atoms with E-state index in [1.54, 1.807) is 13.0 Å². The first kappa shape index (κ1) is 15.8. The Labute approximate surface area is 126 Å². The molecule has 0 heterocycles. The van der Waals surface area contributed by atoms with E-state index in [2.05, 4.69) is 5.32 Å². The average Bonchev–Trinajstić information content (AvgIpc) is 2.45. The molecule has 0 unspecified atom stereocenters. The minimum absolute atomic E-state index is 0.189. The first-order valence-electron chi connectivity index (χ1n) is 6.65. The van der Waals surface area contributed by atoms with Crippen molar-refractivity contribution in [2.75, 3.05) is 0 Å². The summed E-state index contributed by atoms with van der Waals surface area (Å²) in [6.45, 7) is 1.59. The molecule has 2 aromatic rings.